The van der Waals surface area contributed by atoms with Crippen molar-refractivity contribution < 1.29 is 23.8 Å². The number of hydrogen-bond donors (Lipinski definition) is 4. The van der Waals surface area contributed by atoms with Crippen LogP contribution in [0, 0.1) is 11.7 Å². The number of ether oxygens (including phenoxy) is 1. The minimum absolute atomic E-state index is 0. The molecule has 1 fully saturated rings. The van der Waals surface area contributed by atoms with Crippen LogP contribution in [0.4, 0.5) is 14.9 Å². The number of aryl methyl sites for hydroxylation is 1. The molecule has 0 aliphatic carbocycles. The van der Waals surface area contributed by atoms with E-state index < -0.39 is 6.09 Å². The first kappa shape index (κ1) is 30.5. The molecule has 0 radical (unpaired) electrons. The molecular weight excluding hydrogens is 522 g/mol. The summed E-state index contributed by atoms with van der Waals surface area (Å²) in [5, 5.41) is 15.3. The summed E-state index contributed by atoms with van der Waals surface area (Å²) in [6.07, 6.45) is 1.96. The maximum Gasteiger partial charge on any atom is 0.404 e. The lowest BCUT2D eigenvalue weighted by atomic mass is 9.93. The van der Waals surface area contributed by atoms with Crippen LogP contribution in [0.15, 0.2) is 36.4 Å². The molecule has 2 aromatic carbocycles. The number of methoxy groups -OCH3 is 1. The number of anilines is 1. The highest BCUT2D eigenvalue weighted by atomic mass is 35.5. The van der Waals surface area contributed by atoms with E-state index in [4.69, 9.17) is 22.1 Å². The molecule has 2 unspecified atom stereocenters. The Bertz CT molecular complexity index is 1050. The number of carboxylic acid groups (broad SMARTS) is 1. The summed E-state index contributed by atoms with van der Waals surface area (Å²) in [4.78, 5) is 26.4. The van der Waals surface area contributed by atoms with Crippen molar-refractivity contribution in [2.75, 3.05) is 32.5 Å². The highest BCUT2D eigenvalue weighted by molar-refractivity contribution is 6.33. The summed E-state index contributed by atoms with van der Waals surface area (Å²) in [6, 6.07) is 9.08. The molecule has 3 rings (SSSR count). The summed E-state index contributed by atoms with van der Waals surface area (Å²) in [6.45, 7) is 4.15. The van der Waals surface area contributed by atoms with Crippen LogP contribution in [-0.4, -0.2) is 60.8 Å². The van der Waals surface area contributed by atoms with Gasteiger partial charge >= 0.3 is 6.09 Å². The second-order valence-electron chi connectivity index (χ2n) is 9.23. The van der Waals surface area contributed by atoms with Crippen molar-refractivity contribution in [1.29, 1.82) is 0 Å². The molecular formula is C26H35Cl2FN4O4. The van der Waals surface area contributed by atoms with Gasteiger partial charge in [0.25, 0.3) is 5.91 Å². The number of nitrogen functional groups attached to an aromatic ring is 1. The van der Waals surface area contributed by atoms with Crippen LogP contribution in [0.2, 0.25) is 5.02 Å². The van der Waals surface area contributed by atoms with Gasteiger partial charge in [0.2, 0.25) is 0 Å². The van der Waals surface area contributed by atoms with Gasteiger partial charge in [-0.1, -0.05) is 23.7 Å². The van der Waals surface area contributed by atoms with Crippen LogP contribution in [0.1, 0.15) is 42.1 Å². The molecule has 204 valence electrons. The molecule has 2 aromatic rings. The van der Waals surface area contributed by atoms with E-state index >= 15 is 0 Å². The molecule has 0 bridgehead atoms. The number of amides is 2. The van der Waals surface area contributed by atoms with Crippen molar-refractivity contribution in [2.45, 2.75) is 44.7 Å². The number of carbonyl (C=O) groups is 2. The smallest absolute Gasteiger partial charge is 0.404 e. The Balaban J connectivity index is 0.00000481. The number of hydrogen-bond acceptors (Lipinski definition) is 5. The third-order valence-electron chi connectivity index (χ3n) is 6.89. The Morgan fingerprint density at radius 3 is 2.49 bits per heavy atom. The van der Waals surface area contributed by atoms with Crippen molar-refractivity contribution in [2.24, 2.45) is 5.92 Å². The fourth-order valence-electron chi connectivity index (χ4n) is 4.63. The normalized spacial score (nSPS) is 15.8. The molecule has 37 heavy (non-hydrogen) atoms. The maximum absolute atomic E-state index is 13.2. The van der Waals surface area contributed by atoms with Gasteiger partial charge in [0, 0.05) is 24.7 Å². The van der Waals surface area contributed by atoms with Crippen LogP contribution in [-0.2, 0) is 6.42 Å². The number of nitrogens with zero attached hydrogens (tertiary/aromatic N) is 1. The molecule has 2 atom stereocenters. The molecule has 0 saturated carbocycles. The number of nitrogens with one attached hydrogen (secondary N) is 2. The maximum atomic E-state index is 13.2. The van der Waals surface area contributed by atoms with E-state index in [2.05, 4.69) is 15.5 Å². The van der Waals surface area contributed by atoms with Gasteiger partial charge in [-0.2, -0.15) is 0 Å². The molecule has 2 amide bonds. The average Bonchev–Trinajstić information content (AvgIpc) is 2.87. The van der Waals surface area contributed by atoms with E-state index in [9.17, 15) is 19.1 Å². The van der Waals surface area contributed by atoms with Crippen LogP contribution in [0.3, 0.4) is 0 Å². The average molecular weight is 557 g/mol. The van der Waals surface area contributed by atoms with Crippen LogP contribution >= 0.6 is 24.0 Å². The Morgan fingerprint density at radius 2 is 1.89 bits per heavy atom. The van der Waals surface area contributed by atoms with Gasteiger partial charge < -0.3 is 26.2 Å². The highest BCUT2D eigenvalue weighted by Crippen LogP contribution is 2.29. The van der Waals surface area contributed by atoms with Crippen molar-refractivity contribution in [1.82, 2.24) is 15.5 Å². The van der Waals surface area contributed by atoms with E-state index in [0.29, 0.717) is 47.3 Å². The summed E-state index contributed by atoms with van der Waals surface area (Å²) < 4.78 is 18.4. The zero-order valence-electron chi connectivity index (χ0n) is 21.0. The predicted molar refractivity (Wildman–Crippen MR) is 145 cm³/mol. The molecule has 0 spiro atoms. The summed E-state index contributed by atoms with van der Waals surface area (Å²) >= 11 is 6.08. The first-order valence-electron chi connectivity index (χ1n) is 12.1. The topological polar surface area (TPSA) is 117 Å². The summed E-state index contributed by atoms with van der Waals surface area (Å²) in [7, 11) is 1.47. The van der Waals surface area contributed by atoms with Crippen molar-refractivity contribution in [3.8, 4) is 5.75 Å². The molecule has 11 heteroatoms. The van der Waals surface area contributed by atoms with Crippen LogP contribution in [0.5, 0.6) is 5.75 Å². The molecule has 5 N–H and O–H groups in total. The fourth-order valence-corrected chi connectivity index (χ4v) is 4.80. The minimum atomic E-state index is -1.05. The third kappa shape index (κ3) is 8.66. The van der Waals surface area contributed by atoms with Gasteiger partial charge in [-0.15, -0.1) is 12.4 Å². The van der Waals surface area contributed by atoms with Gasteiger partial charge in [0.15, 0.2) is 0 Å². The van der Waals surface area contributed by atoms with E-state index in [1.165, 1.54) is 31.4 Å². The Morgan fingerprint density at radius 1 is 1.24 bits per heavy atom. The SMILES string of the molecule is COc1cc(N)c(Cl)cc1C(=O)NCC1CCN(C(C)C(CCc2ccc(F)cc2)NC(=O)O)CC1.Cl. The predicted octanol–water partition coefficient (Wildman–Crippen LogP) is 4.59. The zero-order chi connectivity index (χ0) is 26.2. The lowest BCUT2D eigenvalue weighted by molar-refractivity contribution is 0.0907. The second kappa shape index (κ2) is 14.3. The van der Waals surface area contributed by atoms with Gasteiger partial charge in [-0.05, 0) is 75.4 Å². The van der Waals surface area contributed by atoms with E-state index in [1.807, 2.05) is 6.92 Å². The number of halogens is 3. The Kier molecular flexibility index (Phi) is 11.7. The van der Waals surface area contributed by atoms with Crippen molar-refractivity contribution in [3.05, 3.63) is 58.4 Å². The quantitative estimate of drug-likeness (QED) is 0.318. The van der Waals surface area contributed by atoms with Gasteiger partial charge in [-0.25, -0.2) is 9.18 Å². The molecule has 8 nitrogen and oxygen atoms in total. The van der Waals surface area contributed by atoms with Gasteiger partial charge in [0.1, 0.15) is 11.6 Å². The zero-order valence-corrected chi connectivity index (χ0v) is 22.6. The number of carbonyl (C=O) groups excluding carboxylic acids is 1. The Hall–Kier alpha value is -2.75. The number of piperidine rings is 1. The monoisotopic (exact) mass is 556 g/mol. The molecule has 1 aliphatic rings. The standard InChI is InChI=1S/C26H34ClFN4O4.ClH/c1-16(23(31-26(34)35)8-5-17-3-6-19(28)7-4-17)32-11-9-18(10-12-32)15-30-25(33)20-13-21(27)22(29)14-24(20)36-2;/h3-4,6-7,13-14,16,18,23,31H,5,8-12,15,29H2,1-2H3,(H,30,33)(H,34,35);1H. The molecule has 0 aromatic heterocycles. The summed E-state index contributed by atoms with van der Waals surface area (Å²) in [5.41, 5.74) is 7.45. The molecule has 1 heterocycles. The van der Waals surface area contributed by atoms with E-state index in [0.717, 1.165) is 31.5 Å². The number of nitrogens with two attached hydrogens (primary N) is 1. The van der Waals surface area contributed by atoms with E-state index in [-0.39, 0.29) is 36.2 Å². The third-order valence-corrected chi connectivity index (χ3v) is 7.22. The van der Waals surface area contributed by atoms with Crippen LogP contribution in [0.25, 0.3) is 0 Å². The Labute approximate surface area is 228 Å². The largest absolute Gasteiger partial charge is 0.496 e. The number of likely N-dealkylation sites (tertiary alicyclic amines) is 1. The highest BCUT2D eigenvalue weighted by Gasteiger charge is 2.29. The lowest BCUT2D eigenvalue weighted by Crippen LogP contribution is -2.52. The summed E-state index contributed by atoms with van der Waals surface area (Å²) in [5.74, 6) is 0.118. The first-order chi connectivity index (χ1) is 17.2. The number of benzene rings is 2. The minimum Gasteiger partial charge on any atom is -0.496 e. The van der Waals surface area contributed by atoms with Crippen LogP contribution < -0.4 is 21.1 Å². The molecule has 1 saturated heterocycles. The lowest BCUT2D eigenvalue weighted by Gasteiger charge is -2.39. The van der Waals surface area contributed by atoms with Gasteiger partial charge in [0.05, 0.1) is 23.4 Å². The molecule has 1 aliphatic heterocycles. The second-order valence-corrected chi connectivity index (χ2v) is 9.63. The fraction of sp³-hybridized carbons (Fsp3) is 0.462. The first-order valence-corrected chi connectivity index (χ1v) is 12.4. The van der Waals surface area contributed by atoms with Crippen molar-refractivity contribution in [3.63, 3.8) is 0 Å². The van der Waals surface area contributed by atoms with E-state index in [1.54, 1.807) is 12.1 Å². The number of rotatable bonds is 10. The van der Waals surface area contributed by atoms with Crippen molar-refractivity contribution >= 4 is 41.7 Å². The van der Waals surface area contributed by atoms with Gasteiger partial charge in [-0.3, -0.25) is 9.69 Å².